The third-order valence-corrected chi connectivity index (χ3v) is 5.10. The Labute approximate surface area is 116 Å². The molecule has 0 atom stereocenters. The molecule has 0 spiro atoms. The Bertz CT molecular complexity index is 670. The standard InChI is InChI=1S/C12H15N5O2S/c18-20(19)6-4-10(5-7-20)14-11-2-1-3-12(8-11)17-9-13-15-16-17/h1-3,8-10,14H,4-7H2. The SMILES string of the molecule is O=S1(=O)CCC(Nc2cccc(-n3cnnn3)c2)CC1. The van der Waals surface area contributed by atoms with Gasteiger partial charge in [-0.3, -0.25) is 0 Å². The zero-order valence-corrected chi connectivity index (χ0v) is 11.6. The lowest BCUT2D eigenvalue weighted by Crippen LogP contribution is -2.32. The van der Waals surface area contributed by atoms with Gasteiger partial charge in [-0.25, -0.2) is 13.1 Å². The van der Waals surface area contributed by atoms with E-state index < -0.39 is 9.84 Å². The molecule has 106 valence electrons. The van der Waals surface area contributed by atoms with Crippen LogP contribution >= 0.6 is 0 Å². The molecule has 8 heteroatoms. The summed E-state index contributed by atoms with van der Waals surface area (Å²) < 4.78 is 24.4. The lowest BCUT2D eigenvalue weighted by atomic mass is 10.1. The van der Waals surface area contributed by atoms with E-state index >= 15 is 0 Å². The van der Waals surface area contributed by atoms with Gasteiger partial charge >= 0.3 is 0 Å². The highest BCUT2D eigenvalue weighted by atomic mass is 32.2. The van der Waals surface area contributed by atoms with Crippen LogP contribution in [0.1, 0.15) is 12.8 Å². The fourth-order valence-corrected chi connectivity index (χ4v) is 3.78. The van der Waals surface area contributed by atoms with Crippen LogP contribution in [0.25, 0.3) is 5.69 Å². The van der Waals surface area contributed by atoms with Crippen molar-refractivity contribution in [3.05, 3.63) is 30.6 Å². The van der Waals surface area contributed by atoms with Gasteiger partial charge in [0, 0.05) is 11.7 Å². The van der Waals surface area contributed by atoms with Crippen LogP contribution < -0.4 is 5.32 Å². The Hall–Kier alpha value is -1.96. The Morgan fingerprint density at radius 2 is 2.05 bits per heavy atom. The van der Waals surface area contributed by atoms with Crippen LogP contribution in [0.5, 0.6) is 0 Å². The molecule has 1 fully saturated rings. The van der Waals surface area contributed by atoms with Gasteiger partial charge in [0.15, 0.2) is 0 Å². The summed E-state index contributed by atoms with van der Waals surface area (Å²) in [6.07, 6.45) is 2.83. The van der Waals surface area contributed by atoms with Gasteiger partial charge in [0.2, 0.25) is 0 Å². The van der Waals surface area contributed by atoms with Crippen LogP contribution in [0, 0.1) is 0 Å². The third-order valence-electron chi connectivity index (χ3n) is 3.39. The summed E-state index contributed by atoms with van der Waals surface area (Å²) in [4.78, 5) is 0. The number of aromatic nitrogens is 4. The fourth-order valence-electron chi connectivity index (χ4n) is 2.29. The summed E-state index contributed by atoms with van der Waals surface area (Å²) >= 11 is 0. The zero-order valence-electron chi connectivity index (χ0n) is 10.8. The molecule has 0 radical (unpaired) electrons. The molecule has 7 nitrogen and oxygen atoms in total. The van der Waals surface area contributed by atoms with Crippen LogP contribution in [-0.2, 0) is 9.84 Å². The molecule has 2 aromatic rings. The van der Waals surface area contributed by atoms with Gasteiger partial charge in [-0.15, -0.1) is 5.10 Å². The van der Waals surface area contributed by atoms with E-state index in [2.05, 4.69) is 20.8 Å². The van der Waals surface area contributed by atoms with E-state index in [-0.39, 0.29) is 17.5 Å². The lowest BCUT2D eigenvalue weighted by Gasteiger charge is -2.24. The van der Waals surface area contributed by atoms with E-state index in [0.29, 0.717) is 12.8 Å². The van der Waals surface area contributed by atoms with E-state index in [1.807, 2.05) is 24.3 Å². The summed E-state index contributed by atoms with van der Waals surface area (Å²) in [5.74, 6) is 0.523. The highest BCUT2D eigenvalue weighted by Crippen LogP contribution is 2.19. The second-order valence-corrected chi connectivity index (χ2v) is 7.18. The van der Waals surface area contributed by atoms with Crippen LogP contribution in [0.2, 0.25) is 0 Å². The first kappa shape index (κ1) is 13.0. The Morgan fingerprint density at radius 1 is 1.25 bits per heavy atom. The van der Waals surface area contributed by atoms with Gasteiger partial charge in [-0.2, -0.15) is 0 Å². The number of hydrogen-bond acceptors (Lipinski definition) is 6. The van der Waals surface area contributed by atoms with Gasteiger partial charge < -0.3 is 5.32 Å². The first-order chi connectivity index (χ1) is 9.62. The van der Waals surface area contributed by atoms with Crippen LogP contribution in [0.3, 0.4) is 0 Å². The van der Waals surface area contributed by atoms with Crippen molar-refractivity contribution in [1.82, 2.24) is 20.2 Å². The lowest BCUT2D eigenvalue weighted by molar-refractivity contribution is 0.559. The molecule has 2 heterocycles. The van der Waals surface area contributed by atoms with Crippen LogP contribution in [0.15, 0.2) is 30.6 Å². The maximum absolute atomic E-state index is 11.4. The Morgan fingerprint density at radius 3 is 2.75 bits per heavy atom. The zero-order chi connectivity index (χ0) is 14.0. The highest BCUT2D eigenvalue weighted by molar-refractivity contribution is 7.91. The smallest absolute Gasteiger partial charge is 0.150 e. The normalized spacial score (nSPS) is 18.8. The van der Waals surface area contributed by atoms with Crippen LogP contribution in [0.4, 0.5) is 5.69 Å². The first-order valence-corrected chi connectivity index (χ1v) is 8.25. The largest absolute Gasteiger partial charge is 0.382 e. The predicted molar refractivity (Wildman–Crippen MR) is 74.5 cm³/mol. The predicted octanol–water partition coefficient (Wildman–Crippen LogP) is 0.651. The van der Waals surface area contributed by atoms with Crippen molar-refractivity contribution in [1.29, 1.82) is 0 Å². The van der Waals surface area contributed by atoms with Crippen molar-refractivity contribution >= 4 is 15.5 Å². The number of rotatable bonds is 3. The van der Waals surface area contributed by atoms with E-state index in [9.17, 15) is 8.42 Å². The monoisotopic (exact) mass is 293 g/mol. The summed E-state index contributed by atoms with van der Waals surface area (Å²) in [6, 6.07) is 7.92. The van der Waals surface area contributed by atoms with Crippen molar-refractivity contribution in [2.45, 2.75) is 18.9 Å². The van der Waals surface area contributed by atoms with Gasteiger partial charge in [0.25, 0.3) is 0 Å². The van der Waals surface area contributed by atoms with Crippen molar-refractivity contribution in [2.75, 3.05) is 16.8 Å². The number of tetrazole rings is 1. The molecule has 0 unspecified atom stereocenters. The van der Waals surface area contributed by atoms with Crippen molar-refractivity contribution < 1.29 is 8.42 Å². The van der Waals surface area contributed by atoms with Crippen LogP contribution in [-0.4, -0.2) is 46.2 Å². The average molecular weight is 293 g/mol. The second-order valence-electron chi connectivity index (χ2n) is 4.88. The maximum Gasteiger partial charge on any atom is 0.150 e. The molecule has 3 rings (SSSR count). The first-order valence-electron chi connectivity index (χ1n) is 6.43. The molecular weight excluding hydrogens is 278 g/mol. The Kier molecular flexibility index (Phi) is 3.39. The molecule has 1 aromatic carbocycles. The van der Waals surface area contributed by atoms with Crippen molar-refractivity contribution in [2.24, 2.45) is 0 Å². The molecule has 1 aliphatic heterocycles. The third kappa shape index (κ3) is 2.96. The van der Waals surface area contributed by atoms with Gasteiger partial charge in [0.05, 0.1) is 17.2 Å². The van der Waals surface area contributed by atoms with Gasteiger partial charge in [0.1, 0.15) is 16.2 Å². The quantitative estimate of drug-likeness (QED) is 0.893. The topological polar surface area (TPSA) is 89.8 Å². The minimum Gasteiger partial charge on any atom is -0.382 e. The number of nitrogens with zero attached hydrogens (tertiary/aromatic N) is 4. The molecule has 20 heavy (non-hydrogen) atoms. The number of hydrogen-bond donors (Lipinski definition) is 1. The second kappa shape index (κ2) is 5.20. The molecule has 0 amide bonds. The van der Waals surface area contributed by atoms with Gasteiger partial charge in [-0.05, 0) is 41.5 Å². The van der Waals surface area contributed by atoms with Crippen molar-refractivity contribution in [3.8, 4) is 5.69 Å². The molecule has 1 saturated heterocycles. The summed E-state index contributed by atoms with van der Waals surface area (Å²) in [6.45, 7) is 0. The molecule has 1 N–H and O–H groups in total. The molecule has 1 aliphatic rings. The summed E-state index contributed by atoms with van der Waals surface area (Å²) in [5.41, 5.74) is 1.81. The molecular formula is C12H15N5O2S. The van der Waals surface area contributed by atoms with E-state index in [0.717, 1.165) is 11.4 Å². The fraction of sp³-hybridized carbons (Fsp3) is 0.417. The molecule has 1 aromatic heterocycles. The summed E-state index contributed by atoms with van der Waals surface area (Å²) in [5, 5.41) is 14.4. The number of sulfone groups is 1. The van der Waals surface area contributed by atoms with E-state index in [4.69, 9.17) is 0 Å². The van der Waals surface area contributed by atoms with Gasteiger partial charge in [-0.1, -0.05) is 6.07 Å². The minimum atomic E-state index is -2.82. The summed E-state index contributed by atoms with van der Waals surface area (Å²) in [7, 11) is -2.82. The van der Waals surface area contributed by atoms with E-state index in [1.165, 1.54) is 6.33 Å². The number of anilines is 1. The molecule has 0 bridgehead atoms. The molecule has 0 aliphatic carbocycles. The Balaban J connectivity index is 1.71. The number of benzene rings is 1. The average Bonchev–Trinajstić information content (AvgIpc) is 2.96. The molecule has 0 saturated carbocycles. The van der Waals surface area contributed by atoms with E-state index in [1.54, 1.807) is 4.68 Å². The van der Waals surface area contributed by atoms with Crippen molar-refractivity contribution in [3.63, 3.8) is 0 Å². The highest BCUT2D eigenvalue weighted by Gasteiger charge is 2.23. The maximum atomic E-state index is 11.4. The minimum absolute atomic E-state index is 0.197. The number of nitrogens with one attached hydrogen (secondary N) is 1.